The van der Waals surface area contributed by atoms with Gasteiger partial charge in [-0.1, -0.05) is 35.9 Å². The van der Waals surface area contributed by atoms with Crippen LogP contribution >= 0.6 is 0 Å². The second-order valence-electron chi connectivity index (χ2n) is 8.11. The molecule has 148 valence electrons. The Morgan fingerprint density at radius 3 is 2.18 bits per heavy atom. The zero-order chi connectivity index (χ0) is 20.5. The Kier molecular flexibility index (Phi) is 5.55. The number of hydrogen-bond acceptors (Lipinski definition) is 5. The second kappa shape index (κ2) is 7.61. The van der Waals surface area contributed by atoms with E-state index in [2.05, 4.69) is 0 Å². The Morgan fingerprint density at radius 1 is 1.00 bits per heavy atom. The van der Waals surface area contributed by atoms with Gasteiger partial charge in [0.15, 0.2) is 0 Å². The molecule has 0 unspecified atom stereocenters. The van der Waals surface area contributed by atoms with E-state index in [1.165, 1.54) is 0 Å². The average Bonchev–Trinajstić information content (AvgIpc) is 2.87. The van der Waals surface area contributed by atoms with Crippen molar-refractivity contribution in [3.8, 4) is 5.75 Å². The maximum atomic E-state index is 12.5. The molecule has 0 N–H and O–H groups in total. The first-order valence-corrected chi connectivity index (χ1v) is 9.39. The van der Waals surface area contributed by atoms with E-state index in [9.17, 15) is 4.79 Å². The maximum absolute atomic E-state index is 12.5. The van der Waals surface area contributed by atoms with E-state index in [0.717, 1.165) is 16.6 Å². The highest BCUT2D eigenvalue weighted by Crippen LogP contribution is 2.37. The summed E-state index contributed by atoms with van der Waals surface area (Å²) in [6, 6.07) is 13.0. The summed E-state index contributed by atoms with van der Waals surface area (Å²) in [6.07, 6.45) is 0. The van der Waals surface area contributed by atoms with E-state index in [1.807, 2.05) is 58.9 Å². The maximum Gasteiger partial charge on any atom is 0.498 e. The summed E-state index contributed by atoms with van der Waals surface area (Å²) >= 11 is 0. The minimum Gasteiger partial charge on any atom is -0.497 e. The molecule has 0 radical (unpaired) electrons. The Hall–Kier alpha value is -2.31. The van der Waals surface area contributed by atoms with E-state index in [-0.39, 0.29) is 6.61 Å². The van der Waals surface area contributed by atoms with Gasteiger partial charge in [0.25, 0.3) is 0 Å². The summed E-state index contributed by atoms with van der Waals surface area (Å²) in [7, 11) is 1.00. The van der Waals surface area contributed by atoms with Gasteiger partial charge in [-0.15, -0.1) is 0 Å². The molecule has 2 aromatic carbocycles. The van der Waals surface area contributed by atoms with Gasteiger partial charge in [-0.25, -0.2) is 4.79 Å². The Labute approximate surface area is 167 Å². The molecule has 1 saturated heterocycles. The quantitative estimate of drug-likeness (QED) is 0.584. The number of methoxy groups -OCH3 is 1. The minimum atomic E-state index is -0.558. The Morgan fingerprint density at radius 2 is 1.61 bits per heavy atom. The fraction of sp³-hybridized carbons (Fsp3) is 0.409. The molecular formula is C22H27BO5. The van der Waals surface area contributed by atoms with Crippen LogP contribution in [0.1, 0.15) is 49.2 Å². The van der Waals surface area contributed by atoms with Crippen molar-refractivity contribution in [1.82, 2.24) is 0 Å². The molecule has 1 fully saturated rings. The van der Waals surface area contributed by atoms with Gasteiger partial charge in [-0.2, -0.15) is 0 Å². The fourth-order valence-electron chi connectivity index (χ4n) is 2.92. The van der Waals surface area contributed by atoms with E-state index in [0.29, 0.717) is 11.3 Å². The third-order valence-corrected chi connectivity index (χ3v) is 5.47. The molecule has 0 atom stereocenters. The van der Waals surface area contributed by atoms with Crippen molar-refractivity contribution in [2.75, 3.05) is 7.11 Å². The standard InChI is InChI=1S/C22H27BO5/c1-15-7-9-16(10-8-15)14-26-20(24)17-11-12-18(19(13-17)25-6)23-27-21(2,3)22(4,5)28-23/h7-13H,14H2,1-6H3. The highest BCUT2D eigenvalue weighted by Gasteiger charge is 2.52. The molecule has 1 aliphatic heterocycles. The minimum absolute atomic E-state index is 0.223. The first kappa shape index (κ1) is 20.4. The summed E-state index contributed by atoms with van der Waals surface area (Å²) in [5.74, 6) is 0.127. The summed E-state index contributed by atoms with van der Waals surface area (Å²) in [5.41, 5.74) is 2.38. The second-order valence-corrected chi connectivity index (χ2v) is 8.11. The number of rotatable bonds is 5. The summed E-state index contributed by atoms with van der Waals surface area (Å²) in [6.45, 7) is 10.2. The van der Waals surface area contributed by atoms with Crippen LogP contribution in [0.4, 0.5) is 0 Å². The molecule has 28 heavy (non-hydrogen) atoms. The molecule has 0 aliphatic carbocycles. The predicted molar refractivity (Wildman–Crippen MR) is 109 cm³/mol. The third kappa shape index (κ3) is 4.08. The first-order valence-electron chi connectivity index (χ1n) is 9.39. The van der Waals surface area contributed by atoms with Gasteiger partial charge in [0.05, 0.1) is 23.9 Å². The Balaban J connectivity index is 1.74. The van der Waals surface area contributed by atoms with Crippen molar-refractivity contribution >= 4 is 18.6 Å². The molecule has 2 aromatic rings. The van der Waals surface area contributed by atoms with Gasteiger partial charge in [0, 0.05) is 5.46 Å². The van der Waals surface area contributed by atoms with Crippen LogP contribution in [-0.4, -0.2) is 31.4 Å². The van der Waals surface area contributed by atoms with Crippen molar-refractivity contribution in [1.29, 1.82) is 0 Å². The molecule has 5 nitrogen and oxygen atoms in total. The lowest BCUT2D eigenvalue weighted by Crippen LogP contribution is -2.41. The molecule has 0 amide bonds. The van der Waals surface area contributed by atoms with Gasteiger partial charge in [-0.05, 0) is 52.3 Å². The van der Waals surface area contributed by atoms with Crippen LogP contribution in [0.3, 0.4) is 0 Å². The smallest absolute Gasteiger partial charge is 0.497 e. The van der Waals surface area contributed by atoms with Crippen LogP contribution in [0.5, 0.6) is 5.75 Å². The van der Waals surface area contributed by atoms with Crippen molar-refractivity contribution in [2.24, 2.45) is 0 Å². The number of benzene rings is 2. The highest BCUT2D eigenvalue weighted by atomic mass is 16.7. The predicted octanol–water partition coefficient (Wildman–Crippen LogP) is 3.66. The van der Waals surface area contributed by atoms with E-state index in [1.54, 1.807) is 25.3 Å². The van der Waals surface area contributed by atoms with E-state index in [4.69, 9.17) is 18.8 Å². The van der Waals surface area contributed by atoms with Crippen molar-refractivity contribution in [3.63, 3.8) is 0 Å². The van der Waals surface area contributed by atoms with E-state index >= 15 is 0 Å². The van der Waals surface area contributed by atoms with Crippen LogP contribution in [0, 0.1) is 6.92 Å². The van der Waals surface area contributed by atoms with Crippen LogP contribution in [-0.2, 0) is 20.7 Å². The molecule has 0 spiro atoms. The number of aryl methyl sites for hydroxylation is 1. The number of carbonyl (C=O) groups is 1. The van der Waals surface area contributed by atoms with Crippen molar-refractivity contribution < 1.29 is 23.6 Å². The van der Waals surface area contributed by atoms with Crippen LogP contribution in [0.15, 0.2) is 42.5 Å². The topological polar surface area (TPSA) is 54.0 Å². The largest absolute Gasteiger partial charge is 0.498 e. The Bertz CT molecular complexity index is 842. The number of carbonyl (C=O) groups excluding carboxylic acids is 1. The first-order chi connectivity index (χ1) is 13.1. The van der Waals surface area contributed by atoms with Crippen molar-refractivity contribution in [2.45, 2.75) is 52.4 Å². The van der Waals surface area contributed by atoms with Crippen molar-refractivity contribution in [3.05, 3.63) is 59.2 Å². The lowest BCUT2D eigenvalue weighted by Gasteiger charge is -2.32. The molecule has 6 heteroatoms. The van der Waals surface area contributed by atoms with Gasteiger partial charge in [0.1, 0.15) is 12.4 Å². The number of ether oxygens (including phenoxy) is 2. The SMILES string of the molecule is COc1cc(C(=O)OCc2ccc(C)cc2)ccc1B1OC(C)(C)C(C)(C)O1. The molecule has 0 bridgehead atoms. The molecular weight excluding hydrogens is 355 g/mol. The van der Waals surface area contributed by atoms with E-state index < -0.39 is 24.3 Å². The normalized spacial score (nSPS) is 17.4. The van der Waals surface area contributed by atoms with Crippen LogP contribution in [0.2, 0.25) is 0 Å². The van der Waals surface area contributed by atoms with Gasteiger partial charge >= 0.3 is 13.1 Å². The lowest BCUT2D eigenvalue weighted by atomic mass is 9.78. The van der Waals surface area contributed by atoms with Gasteiger partial charge in [-0.3, -0.25) is 0 Å². The summed E-state index contributed by atoms with van der Waals surface area (Å²) < 4.78 is 23.1. The molecule has 0 saturated carbocycles. The number of esters is 1. The van der Waals surface area contributed by atoms with Gasteiger partial charge in [0.2, 0.25) is 0 Å². The average molecular weight is 382 g/mol. The molecule has 0 aromatic heterocycles. The van der Waals surface area contributed by atoms with Gasteiger partial charge < -0.3 is 18.8 Å². The third-order valence-electron chi connectivity index (χ3n) is 5.47. The highest BCUT2D eigenvalue weighted by molar-refractivity contribution is 6.63. The number of hydrogen-bond donors (Lipinski definition) is 0. The summed E-state index contributed by atoms with van der Waals surface area (Å²) in [4.78, 5) is 12.5. The summed E-state index contributed by atoms with van der Waals surface area (Å²) in [5, 5.41) is 0. The zero-order valence-electron chi connectivity index (χ0n) is 17.4. The molecule has 1 heterocycles. The lowest BCUT2D eigenvalue weighted by molar-refractivity contribution is 0.00578. The molecule has 3 rings (SSSR count). The zero-order valence-corrected chi connectivity index (χ0v) is 17.4. The fourth-order valence-corrected chi connectivity index (χ4v) is 2.92. The monoisotopic (exact) mass is 382 g/mol. The van der Waals surface area contributed by atoms with Crippen LogP contribution in [0.25, 0.3) is 0 Å². The molecule has 1 aliphatic rings. The van der Waals surface area contributed by atoms with Crippen LogP contribution < -0.4 is 10.2 Å².